The number of pyridine rings is 1. The lowest BCUT2D eigenvalue weighted by molar-refractivity contribution is 0.476. The Balaban J connectivity index is 2.08. The molecule has 0 atom stereocenters. The molecule has 0 aliphatic rings. The Hall–Kier alpha value is -2.36. The number of hydrogen-bond donors (Lipinski definition) is 1. The van der Waals surface area contributed by atoms with Crippen LogP contribution in [0.25, 0.3) is 0 Å². The normalized spacial score (nSPS) is 11.4. The molecule has 0 bridgehead atoms. The zero-order valence-electron chi connectivity index (χ0n) is 14.5. The molecule has 1 heterocycles. The molecular formula is C19H26N4. The second kappa shape index (κ2) is 8.32. The molecule has 0 radical (unpaired) electrons. The Labute approximate surface area is 139 Å². The molecule has 0 saturated carbocycles. The number of aromatic nitrogens is 1. The van der Waals surface area contributed by atoms with Crippen molar-refractivity contribution >= 4 is 5.96 Å². The average molecular weight is 310 g/mol. The summed E-state index contributed by atoms with van der Waals surface area (Å²) in [6, 6.07) is 12.6. The maximum atomic E-state index is 4.73. The monoisotopic (exact) mass is 310 g/mol. The number of nitrogens with one attached hydrogen (secondary N) is 1. The Kier molecular flexibility index (Phi) is 6.15. The first-order chi connectivity index (χ1) is 11.1. The van der Waals surface area contributed by atoms with Crippen LogP contribution in [0, 0.1) is 13.8 Å². The molecule has 0 aliphatic heterocycles. The van der Waals surface area contributed by atoms with Gasteiger partial charge in [-0.1, -0.05) is 35.9 Å². The standard InChI is InChI=1S/C19H26N4/c1-5-20-19(22-13-18-16(3)7-6-12-21-18)23(4)14-17-10-8-15(2)9-11-17/h6-12H,5,13-14H2,1-4H3,(H,20,22). The van der Waals surface area contributed by atoms with Gasteiger partial charge in [0.15, 0.2) is 5.96 Å². The lowest BCUT2D eigenvalue weighted by Crippen LogP contribution is -2.38. The summed E-state index contributed by atoms with van der Waals surface area (Å²) in [5.74, 6) is 0.901. The number of guanidine groups is 1. The van der Waals surface area contributed by atoms with Crippen molar-refractivity contribution in [2.75, 3.05) is 13.6 Å². The summed E-state index contributed by atoms with van der Waals surface area (Å²) in [6.07, 6.45) is 1.82. The van der Waals surface area contributed by atoms with Gasteiger partial charge in [-0.05, 0) is 38.0 Å². The Morgan fingerprint density at radius 3 is 2.57 bits per heavy atom. The van der Waals surface area contributed by atoms with Crippen LogP contribution in [-0.4, -0.2) is 29.4 Å². The van der Waals surface area contributed by atoms with Crippen molar-refractivity contribution in [2.24, 2.45) is 4.99 Å². The van der Waals surface area contributed by atoms with Gasteiger partial charge in [-0.25, -0.2) is 4.99 Å². The van der Waals surface area contributed by atoms with Crippen LogP contribution in [0.4, 0.5) is 0 Å². The first-order valence-corrected chi connectivity index (χ1v) is 8.05. The number of aliphatic imine (C=N–C) groups is 1. The molecule has 4 heteroatoms. The Bertz CT molecular complexity index is 647. The Morgan fingerprint density at radius 1 is 1.17 bits per heavy atom. The van der Waals surface area contributed by atoms with Gasteiger partial charge in [-0.2, -0.15) is 0 Å². The highest BCUT2D eigenvalue weighted by Crippen LogP contribution is 2.08. The van der Waals surface area contributed by atoms with Gasteiger partial charge >= 0.3 is 0 Å². The van der Waals surface area contributed by atoms with Gasteiger partial charge < -0.3 is 10.2 Å². The van der Waals surface area contributed by atoms with Crippen molar-refractivity contribution in [1.29, 1.82) is 0 Å². The van der Waals surface area contributed by atoms with E-state index in [0.717, 1.165) is 24.7 Å². The molecule has 0 aliphatic carbocycles. The van der Waals surface area contributed by atoms with E-state index in [1.54, 1.807) is 0 Å². The zero-order valence-corrected chi connectivity index (χ0v) is 14.5. The minimum Gasteiger partial charge on any atom is -0.357 e. The average Bonchev–Trinajstić information content (AvgIpc) is 2.55. The van der Waals surface area contributed by atoms with Crippen molar-refractivity contribution in [2.45, 2.75) is 33.9 Å². The molecule has 122 valence electrons. The summed E-state index contributed by atoms with van der Waals surface area (Å²) in [7, 11) is 2.06. The van der Waals surface area contributed by atoms with Gasteiger partial charge in [0.1, 0.15) is 0 Å². The van der Waals surface area contributed by atoms with Crippen LogP contribution in [0.3, 0.4) is 0 Å². The van der Waals surface area contributed by atoms with E-state index in [-0.39, 0.29) is 0 Å². The van der Waals surface area contributed by atoms with Crippen LogP contribution in [0.5, 0.6) is 0 Å². The van der Waals surface area contributed by atoms with Gasteiger partial charge in [-0.15, -0.1) is 0 Å². The predicted octanol–water partition coefficient (Wildman–Crippen LogP) is 3.30. The van der Waals surface area contributed by atoms with E-state index in [1.165, 1.54) is 16.7 Å². The SMILES string of the molecule is CCNC(=NCc1ncccc1C)N(C)Cc1ccc(C)cc1. The van der Waals surface area contributed by atoms with E-state index in [4.69, 9.17) is 4.99 Å². The molecule has 0 spiro atoms. The largest absolute Gasteiger partial charge is 0.357 e. The highest BCUT2D eigenvalue weighted by Gasteiger charge is 2.07. The van der Waals surface area contributed by atoms with Crippen LogP contribution in [0.2, 0.25) is 0 Å². The van der Waals surface area contributed by atoms with E-state index >= 15 is 0 Å². The minimum atomic E-state index is 0.591. The number of aryl methyl sites for hydroxylation is 2. The minimum absolute atomic E-state index is 0.591. The van der Waals surface area contributed by atoms with E-state index in [9.17, 15) is 0 Å². The van der Waals surface area contributed by atoms with E-state index in [0.29, 0.717) is 6.54 Å². The van der Waals surface area contributed by atoms with Gasteiger partial charge in [0.25, 0.3) is 0 Å². The number of nitrogens with zero attached hydrogens (tertiary/aromatic N) is 3. The fourth-order valence-corrected chi connectivity index (χ4v) is 2.35. The third kappa shape index (κ3) is 5.09. The third-order valence-corrected chi connectivity index (χ3v) is 3.73. The maximum Gasteiger partial charge on any atom is 0.194 e. The smallest absolute Gasteiger partial charge is 0.194 e. The maximum absolute atomic E-state index is 4.73. The molecule has 0 saturated heterocycles. The molecule has 0 fully saturated rings. The third-order valence-electron chi connectivity index (χ3n) is 3.73. The molecule has 2 rings (SSSR count). The lowest BCUT2D eigenvalue weighted by Gasteiger charge is -2.22. The summed E-state index contributed by atoms with van der Waals surface area (Å²) < 4.78 is 0. The molecular weight excluding hydrogens is 284 g/mol. The molecule has 1 N–H and O–H groups in total. The quantitative estimate of drug-likeness (QED) is 0.680. The fourth-order valence-electron chi connectivity index (χ4n) is 2.35. The second-order valence-electron chi connectivity index (χ2n) is 5.78. The molecule has 1 aromatic heterocycles. The predicted molar refractivity (Wildman–Crippen MR) is 96.4 cm³/mol. The number of rotatable bonds is 5. The summed E-state index contributed by atoms with van der Waals surface area (Å²) in [6.45, 7) is 8.52. The van der Waals surface area contributed by atoms with Crippen LogP contribution < -0.4 is 5.32 Å². The summed E-state index contributed by atoms with van der Waals surface area (Å²) in [4.78, 5) is 11.3. The molecule has 0 unspecified atom stereocenters. The van der Waals surface area contributed by atoms with Crippen LogP contribution >= 0.6 is 0 Å². The van der Waals surface area contributed by atoms with Gasteiger partial charge in [0, 0.05) is 26.3 Å². The van der Waals surface area contributed by atoms with Crippen molar-refractivity contribution in [3.05, 3.63) is 65.0 Å². The van der Waals surface area contributed by atoms with Crippen LogP contribution in [0.15, 0.2) is 47.6 Å². The summed E-state index contributed by atoms with van der Waals surface area (Å²) in [5, 5.41) is 3.35. The second-order valence-corrected chi connectivity index (χ2v) is 5.78. The van der Waals surface area contributed by atoms with E-state index in [2.05, 4.69) is 73.4 Å². The molecule has 1 aromatic carbocycles. The first kappa shape index (κ1) is 17.0. The van der Waals surface area contributed by atoms with Crippen molar-refractivity contribution < 1.29 is 0 Å². The van der Waals surface area contributed by atoms with Gasteiger partial charge in [0.2, 0.25) is 0 Å². The lowest BCUT2D eigenvalue weighted by atomic mass is 10.1. The number of benzene rings is 1. The molecule has 0 amide bonds. The molecule has 23 heavy (non-hydrogen) atoms. The van der Waals surface area contributed by atoms with Crippen molar-refractivity contribution in [3.63, 3.8) is 0 Å². The molecule has 4 nitrogen and oxygen atoms in total. The first-order valence-electron chi connectivity index (χ1n) is 8.05. The summed E-state index contributed by atoms with van der Waals surface area (Å²) >= 11 is 0. The highest BCUT2D eigenvalue weighted by atomic mass is 15.3. The van der Waals surface area contributed by atoms with E-state index in [1.807, 2.05) is 12.3 Å². The van der Waals surface area contributed by atoms with E-state index < -0.39 is 0 Å². The van der Waals surface area contributed by atoms with Gasteiger partial charge in [-0.3, -0.25) is 4.98 Å². The van der Waals surface area contributed by atoms with Crippen LogP contribution in [0.1, 0.15) is 29.3 Å². The van der Waals surface area contributed by atoms with Crippen LogP contribution in [-0.2, 0) is 13.1 Å². The molecule has 2 aromatic rings. The van der Waals surface area contributed by atoms with Gasteiger partial charge in [0.05, 0.1) is 12.2 Å². The van der Waals surface area contributed by atoms with Crippen molar-refractivity contribution in [3.8, 4) is 0 Å². The van der Waals surface area contributed by atoms with Crippen molar-refractivity contribution in [1.82, 2.24) is 15.2 Å². The highest BCUT2D eigenvalue weighted by molar-refractivity contribution is 5.79. The number of hydrogen-bond acceptors (Lipinski definition) is 2. The Morgan fingerprint density at radius 2 is 1.91 bits per heavy atom. The fraction of sp³-hybridized carbons (Fsp3) is 0.368. The topological polar surface area (TPSA) is 40.5 Å². The zero-order chi connectivity index (χ0) is 16.7. The summed E-state index contributed by atoms with van der Waals surface area (Å²) in [5.41, 5.74) is 4.75.